The fourth-order valence-electron chi connectivity index (χ4n) is 2.19. The minimum Gasteiger partial charge on any atom is -0.454 e. The molecule has 1 aromatic heterocycles. The normalized spacial score (nSPS) is 14.4. The van der Waals surface area contributed by atoms with Crippen molar-refractivity contribution >= 4 is 11.6 Å². The number of aryl methyl sites for hydroxylation is 1. The molecule has 1 saturated carbocycles. The Kier molecular flexibility index (Phi) is 4.46. The lowest BCUT2D eigenvalue weighted by atomic mass is 10.2. The van der Waals surface area contributed by atoms with Crippen molar-refractivity contribution in [2.45, 2.75) is 45.3 Å². The van der Waals surface area contributed by atoms with E-state index in [-0.39, 0.29) is 0 Å². The van der Waals surface area contributed by atoms with Gasteiger partial charge in [-0.2, -0.15) is 5.10 Å². The quantitative estimate of drug-likeness (QED) is 0.840. The third kappa shape index (κ3) is 3.99. The predicted molar refractivity (Wildman–Crippen MR) is 83.9 cm³/mol. The molecule has 0 amide bonds. The zero-order valence-corrected chi connectivity index (χ0v) is 12.9. The van der Waals surface area contributed by atoms with Crippen molar-refractivity contribution < 1.29 is 4.74 Å². The first kappa shape index (κ1) is 14.4. The van der Waals surface area contributed by atoms with Crippen LogP contribution in [0.5, 0.6) is 11.5 Å². The zero-order chi connectivity index (χ0) is 14.7. The Balaban J connectivity index is 1.73. The van der Waals surface area contributed by atoms with Gasteiger partial charge in [0, 0.05) is 29.7 Å². The zero-order valence-electron chi connectivity index (χ0n) is 12.2. The van der Waals surface area contributed by atoms with Gasteiger partial charge in [0.05, 0.1) is 12.4 Å². The maximum atomic E-state index is 6.09. The lowest BCUT2D eigenvalue weighted by Gasteiger charge is -2.11. The molecule has 5 heteroatoms. The van der Waals surface area contributed by atoms with Gasteiger partial charge in [0.25, 0.3) is 0 Å². The minimum absolute atomic E-state index is 0.667. The third-order valence-corrected chi connectivity index (χ3v) is 3.71. The molecule has 1 fully saturated rings. The summed E-state index contributed by atoms with van der Waals surface area (Å²) in [7, 11) is 0. The van der Waals surface area contributed by atoms with E-state index in [0.717, 1.165) is 36.6 Å². The second kappa shape index (κ2) is 6.50. The Bertz CT molecular complexity index is 607. The van der Waals surface area contributed by atoms with Gasteiger partial charge in [-0.05, 0) is 31.4 Å². The summed E-state index contributed by atoms with van der Waals surface area (Å²) in [5.41, 5.74) is 1.12. The maximum absolute atomic E-state index is 6.09. The molecule has 3 rings (SSSR count). The van der Waals surface area contributed by atoms with Crippen LogP contribution < -0.4 is 10.1 Å². The molecule has 0 aliphatic heterocycles. The molecule has 112 valence electrons. The number of nitrogens with zero attached hydrogens (tertiary/aromatic N) is 2. The summed E-state index contributed by atoms with van der Waals surface area (Å²) < 4.78 is 7.85. The van der Waals surface area contributed by atoms with Crippen LogP contribution in [0.1, 0.15) is 31.7 Å². The molecule has 2 aromatic rings. The van der Waals surface area contributed by atoms with E-state index in [1.165, 1.54) is 12.8 Å². The molecule has 1 aromatic carbocycles. The van der Waals surface area contributed by atoms with Crippen molar-refractivity contribution in [3.8, 4) is 11.5 Å². The van der Waals surface area contributed by atoms with Gasteiger partial charge < -0.3 is 10.1 Å². The van der Waals surface area contributed by atoms with Crippen molar-refractivity contribution in [2.75, 3.05) is 0 Å². The number of halogens is 1. The monoisotopic (exact) mass is 305 g/mol. The number of rotatable bonds is 7. The van der Waals surface area contributed by atoms with Crippen LogP contribution in [0.3, 0.4) is 0 Å². The molecule has 1 heterocycles. The van der Waals surface area contributed by atoms with Gasteiger partial charge in [0.1, 0.15) is 5.75 Å². The van der Waals surface area contributed by atoms with E-state index in [4.69, 9.17) is 16.3 Å². The van der Waals surface area contributed by atoms with Gasteiger partial charge in [0.15, 0.2) is 5.75 Å². The highest BCUT2D eigenvalue weighted by Gasteiger charge is 2.20. The summed E-state index contributed by atoms with van der Waals surface area (Å²) in [5, 5.41) is 8.46. The summed E-state index contributed by atoms with van der Waals surface area (Å²) in [5.74, 6) is 1.55. The molecule has 1 aliphatic rings. The van der Waals surface area contributed by atoms with Crippen LogP contribution in [0.4, 0.5) is 0 Å². The first-order chi connectivity index (χ1) is 10.2. The molecule has 4 nitrogen and oxygen atoms in total. The number of hydrogen-bond acceptors (Lipinski definition) is 3. The van der Waals surface area contributed by atoms with E-state index in [1.54, 1.807) is 6.20 Å². The van der Waals surface area contributed by atoms with E-state index in [2.05, 4.69) is 17.3 Å². The fourth-order valence-corrected chi connectivity index (χ4v) is 2.35. The fraction of sp³-hybridized carbons (Fsp3) is 0.438. The van der Waals surface area contributed by atoms with Crippen molar-refractivity contribution in [1.29, 1.82) is 0 Å². The number of benzene rings is 1. The third-order valence-electron chi connectivity index (χ3n) is 3.48. The number of nitrogens with one attached hydrogen (secondary N) is 1. The van der Waals surface area contributed by atoms with Crippen LogP contribution in [0.15, 0.2) is 30.6 Å². The van der Waals surface area contributed by atoms with E-state index >= 15 is 0 Å². The first-order valence-corrected chi connectivity index (χ1v) is 7.84. The summed E-state index contributed by atoms with van der Waals surface area (Å²) in [6.07, 6.45) is 7.26. The molecule has 0 radical (unpaired) electrons. The molecule has 21 heavy (non-hydrogen) atoms. The second-order valence-corrected chi connectivity index (χ2v) is 5.88. The van der Waals surface area contributed by atoms with Gasteiger partial charge in [-0.1, -0.05) is 24.6 Å². The van der Waals surface area contributed by atoms with E-state index < -0.39 is 0 Å². The molecule has 0 bridgehead atoms. The van der Waals surface area contributed by atoms with Crippen molar-refractivity contribution in [3.05, 3.63) is 41.2 Å². The summed E-state index contributed by atoms with van der Waals surface area (Å²) in [4.78, 5) is 0. The highest BCUT2D eigenvalue weighted by molar-refractivity contribution is 6.30. The summed E-state index contributed by atoms with van der Waals surface area (Å²) >= 11 is 6.09. The van der Waals surface area contributed by atoms with Crippen LogP contribution in [0.25, 0.3) is 0 Å². The number of aromatic nitrogens is 2. The van der Waals surface area contributed by atoms with E-state index in [9.17, 15) is 0 Å². The van der Waals surface area contributed by atoms with Crippen LogP contribution in [-0.4, -0.2) is 15.8 Å². The first-order valence-electron chi connectivity index (χ1n) is 7.46. The average Bonchev–Trinajstić information content (AvgIpc) is 3.19. The Hall–Kier alpha value is -1.52. The molecule has 0 spiro atoms. The van der Waals surface area contributed by atoms with E-state index in [0.29, 0.717) is 11.1 Å². The van der Waals surface area contributed by atoms with Crippen molar-refractivity contribution in [1.82, 2.24) is 15.1 Å². The molecule has 0 atom stereocenters. The molecule has 0 unspecified atom stereocenters. The Morgan fingerprint density at radius 2 is 2.29 bits per heavy atom. The van der Waals surface area contributed by atoms with Crippen LogP contribution in [0.2, 0.25) is 5.02 Å². The summed E-state index contributed by atoms with van der Waals surface area (Å²) in [6.45, 7) is 3.83. The molecular weight excluding hydrogens is 286 g/mol. The van der Waals surface area contributed by atoms with Crippen LogP contribution >= 0.6 is 11.6 Å². The lowest BCUT2D eigenvalue weighted by molar-refractivity contribution is 0.470. The van der Waals surface area contributed by atoms with E-state index in [1.807, 2.05) is 29.1 Å². The highest BCUT2D eigenvalue weighted by Crippen LogP contribution is 2.29. The molecule has 0 saturated heterocycles. The standard InChI is InChI=1S/C16H20ClN3O/c1-2-7-20-11-15(10-19-20)21-16-8-13(17)4-3-12(16)9-18-14-5-6-14/h3-4,8,10-11,14,18H,2,5-7,9H2,1H3. The molecule has 1 aliphatic carbocycles. The second-order valence-electron chi connectivity index (χ2n) is 5.45. The minimum atomic E-state index is 0.667. The Labute approximate surface area is 130 Å². The van der Waals surface area contributed by atoms with Gasteiger partial charge >= 0.3 is 0 Å². The summed E-state index contributed by atoms with van der Waals surface area (Å²) in [6, 6.07) is 6.45. The van der Waals surface area contributed by atoms with Gasteiger partial charge in [0.2, 0.25) is 0 Å². The maximum Gasteiger partial charge on any atom is 0.165 e. The number of hydrogen-bond donors (Lipinski definition) is 1. The van der Waals surface area contributed by atoms with Crippen LogP contribution in [0, 0.1) is 0 Å². The predicted octanol–water partition coefficient (Wildman–Crippen LogP) is 3.99. The SMILES string of the molecule is CCCn1cc(Oc2cc(Cl)ccc2CNC2CC2)cn1. The highest BCUT2D eigenvalue weighted by atomic mass is 35.5. The lowest BCUT2D eigenvalue weighted by Crippen LogP contribution is -2.15. The topological polar surface area (TPSA) is 39.1 Å². The van der Waals surface area contributed by atoms with Crippen molar-refractivity contribution in [2.24, 2.45) is 0 Å². The van der Waals surface area contributed by atoms with Crippen molar-refractivity contribution in [3.63, 3.8) is 0 Å². The van der Waals surface area contributed by atoms with Gasteiger partial charge in [-0.3, -0.25) is 4.68 Å². The van der Waals surface area contributed by atoms with Gasteiger partial charge in [-0.15, -0.1) is 0 Å². The average molecular weight is 306 g/mol. The molecule has 1 N–H and O–H groups in total. The van der Waals surface area contributed by atoms with Crippen LogP contribution in [-0.2, 0) is 13.1 Å². The largest absolute Gasteiger partial charge is 0.454 e. The number of ether oxygens (including phenoxy) is 1. The smallest absolute Gasteiger partial charge is 0.165 e. The molecular formula is C16H20ClN3O. The van der Waals surface area contributed by atoms with Gasteiger partial charge in [-0.25, -0.2) is 0 Å². The Morgan fingerprint density at radius 3 is 3.05 bits per heavy atom. The Morgan fingerprint density at radius 1 is 1.43 bits per heavy atom.